The summed E-state index contributed by atoms with van der Waals surface area (Å²) in [5, 5.41) is 4.06. The van der Waals surface area contributed by atoms with Gasteiger partial charge in [-0.05, 0) is 18.6 Å². The number of rotatable bonds is 3. The van der Waals surface area contributed by atoms with Crippen LogP contribution in [0.25, 0.3) is 0 Å². The molecular weight excluding hydrogens is 316 g/mol. The molecule has 2 aromatic rings. The first-order chi connectivity index (χ1) is 12.0. The zero-order valence-electron chi connectivity index (χ0n) is 14.6. The molecule has 6 heteroatoms. The number of likely N-dealkylation sites (tertiary alicyclic amines) is 2. The second-order valence-corrected chi connectivity index (χ2v) is 7.12. The number of aryl methyl sites for hydroxylation is 2. The largest absolute Gasteiger partial charge is 0.338 e. The molecule has 3 heterocycles. The summed E-state index contributed by atoms with van der Waals surface area (Å²) in [7, 11) is 1.76. The van der Waals surface area contributed by atoms with Crippen molar-refractivity contribution in [1.29, 1.82) is 0 Å². The van der Waals surface area contributed by atoms with E-state index < -0.39 is 0 Å². The quantitative estimate of drug-likeness (QED) is 0.851. The van der Waals surface area contributed by atoms with Crippen LogP contribution in [0.1, 0.15) is 21.6 Å². The summed E-state index contributed by atoms with van der Waals surface area (Å²) >= 11 is 0. The van der Waals surface area contributed by atoms with Gasteiger partial charge in [0.1, 0.15) is 5.69 Å². The molecule has 4 rings (SSSR count). The first kappa shape index (κ1) is 15.9. The van der Waals surface area contributed by atoms with Crippen molar-refractivity contribution in [2.24, 2.45) is 18.9 Å². The molecule has 0 unspecified atom stereocenters. The van der Waals surface area contributed by atoms with E-state index in [2.05, 4.69) is 30.2 Å². The number of aromatic nitrogens is 2. The third-order valence-corrected chi connectivity index (χ3v) is 5.31. The molecule has 1 aromatic carbocycles. The van der Waals surface area contributed by atoms with Gasteiger partial charge in [0.2, 0.25) is 5.91 Å². The Morgan fingerprint density at radius 1 is 1.24 bits per heavy atom. The lowest BCUT2D eigenvalue weighted by Crippen LogP contribution is -2.36. The van der Waals surface area contributed by atoms with E-state index in [1.807, 2.05) is 11.0 Å². The van der Waals surface area contributed by atoms with Crippen molar-refractivity contribution in [2.75, 3.05) is 19.6 Å². The average molecular weight is 338 g/mol. The van der Waals surface area contributed by atoms with Gasteiger partial charge in [-0.2, -0.15) is 5.10 Å². The maximum atomic E-state index is 12.8. The monoisotopic (exact) mass is 338 g/mol. The SMILES string of the molecule is Cc1cccc(CN2C[C@@H]3CN(C(=O)c4ccnn4C)C[C@@H]3C2=O)c1. The van der Waals surface area contributed by atoms with Crippen LogP contribution in [0, 0.1) is 18.8 Å². The fourth-order valence-electron chi connectivity index (χ4n) is 4.03. The van der Waals surface area contributed by atoms with Gasteiger partial charge in [0.15, 0.2) is 0 Å². The molecule has 130 valence electrons. The zero-order chi connectivity index (χ0) is 17.6. The van der Waals surface area contributed by atoms with E-state index >= 15 is 0 Å². The molecule has 0 saturated carbocycles. The molecule has 2 amide bonds. The predicted molar refractivity (Wildman–Crippen MR) is 92.7 cm³/mol. The highest BCUT2D eigenvalue weighted by Crippen LogP contribution is 2.33. The molecule has 0 aliphatic carbocycles. The number of benzene rings is 1. The Kier molecular flexibility index (Phi) is 3.82. The highest BCUT2D eigenvalue weighted by atomic mass is 16.2. The summed E-state index contributed by atoms with van der Waals surface area (Å²) in [6, 6.07) is 10.0. The second kappa shape index (κ2) is 6.02. The van der Waals surface area contributed by atoms with Gasteiger partial charge in [-0.3, -0.25) is 14.3 Å². The van der Waals surface area contributed by atoms with Crippen molar-refractivity contribution in [3.8, 4) is 0 Å². The van der Waals surface area contributed by atoms with Crippen LogP contribution in [0.3, 0.4) is 0 Å². The standard InChI is InChI=1S/C19H22N4O2/c1-13-4-3-5-14(8-13)9-22-10-15-11-23(12-16(15)18(22)24)19(25)17-6-7-20-21(17)2/h3-8,15-16H,9-12H2,1-2H3/t15-,16+/m1/s1. The molecule has 2 atom stereocenters. The predicted octanol–water partition coefficient (Wildman–Crippen LogP) is 1.46. The molecule has 2 saturated heterocycles. The summed E-state index contributed by atoms with van der Waals surface area (Å²) in [6.45, 7) is 4.60. The fraction of sp³-hybridized carbons (Fsp3) is 0.421. The van der Waals surface area contributed by atoms with Gasteiger partial charge < -0.3 is 9.80 Å². The second-order valence-electron chi connectivity index (χ2n) is 7.12. The van der Waals surface area contributed by atoms with Gasteiger partial charge in [0.05, 0.1) is 5.92 Å². The van der Waals surface area contributed by atoms with E-state index in [4.69, 9.17) is 0 Å². The summed E-state index contributed by atoms with van der Waals surface area (Å²) in [6.07, 6.45) is 1.62. The number of fused-ring (bicyclic) bond motifs is 1. The van der Waals surface area contributed by atoms with E-state index in [0.29, 0.717) is 25.3 Å². The molecule has 2 aliphatic rings. The van der Waals surface area contributed by atoms with Crippen molar-refractivity contribution >= 4 is 11.8 Å². The van der Waals surface area contributed by atoms with E-state index in [0.717, 1.165) is 12.1 Å². The molecule has 2 fully saturated rings. The number of carbonyl (C=O) groups excluding carboxylic acids is 2. The topological polar surface area (TPSA) is 58.4 Å². The van der Waals surface area contributed by atoms with Crippen LogP contribution in [0.4, 0.5) is 0 Å². The molecule has 0 bridgehead atoms. The van der Waals surface area contributed by atoms with Crippen molar-refractivity contribution in [2.45, 2.75) is 13.5 Å². The lowest BCUT2D eigenvalue weighted by Gasteiger charge is -2.22. The van der Waals surface area contributed by atoms with Crippen molar-refractivity contribution in [3.63, 3.8) is 0 Å². The Balaban J connectivity index is 1.43. The molecule has 2 aliphatic heterocycles. The molecule has 25 heavy (non-hydrogen) atoms. The van der Waals surface area contributed by atoms with Crippen LogP contribution in [-0.2, 0) is 18.4 Å². The fourth-order valence-corrected chi connectivity index (χ4v) is 4.03. The molecule has 0 spiro atoms. The van der Waals surface area contributed by atoms with Crippen LogP contribution in [0.15, 0.2) is 36.5 Å². The first-order valence-corrected chi connectivity index (χ1v) is 8.64. The third-order valence-electron chi connectivity index (χ3n) is 5.31. The smallest absolute Gasteiger partial charge is 0.272 e. The minimum Gasteiger partial charge on any atom is -0.338 e. The number of hydrogen-bond acceptors (Lipinski definition) is 3. The Hall–Kier alpha value is -2.63. The lowest BCUT2D eigenvalue weighted by atomic mass is 10.0. The molecule has 6 nitrogen and oxygen atoms in total. The zero-order valence-corrected chi connectivity index (χ0v) is 14.6. The average Bonchev–Trinajstić information content (AvgIpc) is 3.25. The molecule has 0 N–H and O–H groups in total. The minimum atomic E-state index is -0.0676. The maximum Gasteiger partial charge on any atom is 0.272 e. The van der Waals surface area contributed by atoms with E-state index in [1.165, 1.54) is 5.56 Å². The summed E-state index contributed by atoms with van der Waals surface area (Å²) < 4.78 is 1.59. The third kappa shape index (κ3) is 2.81. The Labute approximate surface area is 147 Å². The highest BCUT2D eigenvalue weighted by molar-refractivity contribution is 5.93. The Morgan fingerprint density at radius 3 is 2.76 bits per heavy atom. The summed E-state index contributed by atoms with van der Waals surface area (Å²) in [5.74, 6) is 0.302. The van der Waals surface area contributed by atoms with Gasteiger partial charge in [-0.1, -0.05) is 29.8 Å². The van der Waals surface area contributed by atoms with Gasteiger partial charge in [0.25, 0.3) is 5.91 Å². The van der Waals surface area contributed by atoms with E-state index in [9.17, 15) is 9.59 Å². The van der Waals surface area contributed by atoms with Crippen molar-refractivity contribution in [3.05, 3.63) is 53.3 Å². The van der Waals surface area contributed by atoms with Gasteiger partial charge in [-0.15, -0.1) is 0 Å². The van der Waals surface area contributed by atoms with Crippen LogP contribution in [-0.4, -0.2) is 51.0 Å². The number of carbonyl (C=O) groups is 2. The minimum absolute atomic E-state index is 0.0348. The molecule has 0 radical (unpaired) electrons. The van der Waals surface area contributed by atoms with Gasteiger partial charge >= 0.3 is 0 Å². The van der Waals surface area contributed by atoms with Crippen LogP contribution < -0.4 is 0 Å². The van der Waals surface area contributed by atoms with Gasteiger partial charge in [0, 0.05) is 45.3 Å². The number of hydrogen-bond donors (Lipinski definition) is 0. The number of nitrogens with zero attached hydrogens (tertiary/aromatic N) is 4. The molecular formula is C19H22N4O2. The van der Waals surface area contributed by atoms with Crippen LogP contribution in [0.5, 0.6) is 0 Å². The molecule has 1 aromatic heterocycles. The van der Waals surface area contributed by atoms with Crippen LogP contribution in [0.2, 0.25) is 0 Å². The summed E-state index contributed by atoms with van der Waals surface area (Å²) in [5.41, 5.74) is 2.94. The van der Waals surface area contributed by atoms with Crippen molar-refractivity contribution in [1.82, 2.24) is 19.6 Å². The Morgan fingerprint density at radius 2 is 2.08 bits per heavy atom. The van der Waals surface area contributed by atoms with Gasteiger partial charge in [-0.25, -0.2) is 0 Å². The normalized spacial score (nSPS) is 22.6. The lowest BCUT2D eigenvalue weighted by molar-refractivity contribution is -0.131. The Bertz CT molecular complexity index is 828. The highest BCUT2D eigenvalue weighted by Gasteiger charge is 2.47. The maximum absolute atomic E-state index is 12.8. The van der Waals surface area contributed by atoms with Crippen LogP contribution >= 0.6 is 0 Å². The summed E-state index contributed by atoms with van der Waals surface area (Å²) in [4.78, 5) is 29.1. The van der Waals surface area contributed by atoms with E-state index in [1.54, 1.807) is 28.9 Å². The van der Waals surface area contributed by atoms with Crippen molar-refractivity contribution < 1.29 is 9.59 Å². The first-order valence-electron chi connectivity index (χ1n) is 8.64. The van der Waals surface area contributed by atoms with E-state index in [-0.39, 0.29) is 23.7 Å². The number of amides is 2.